The molecule has 110 valence electrons. The summed E-state index contributed by atoms with van der Waals surface area (Å²) in [4.78, 5) is 0. The average Bonchev–Trinajstić information content (AvgIpc) is 2.80. The van der Waals surface area contributed by atoms with Gasteiger partial charge in [-0.15, -0.1) is 0 Å². The van der Waals surface area contributed by atoms with E-state index in [0.29, 0.717) is 6.61 Å². The summed E-state index contributed by atoms with van der Waals surface area (Å²) in [7, 11) is 3.51. The number of nitrogens with zero attached hydrogens (tertiary/aromatic N) is 2. The Kier molecular flexibility index (Phi) is 5.78. The lowest BCUT2D eigenvalue weighted by atomic mass is 9.86. The monoisotopic (exact) mass is 270 g/mol. The van der Waals surface area contributed by atoms with E-state index in [0.717, 1.165) is 24.3 Å². The second-order valence-electron chi connectivity index (χ2n) is 4.53. The highest BCUT2D eigenvalue weighted by atomic mass is 16.5. The summed E-state index contributed by atoms with van der Waals surface area (Å²) >= 11 is 0. The van der Waals surface area contributed by atoms with Gasteiger partial charge in [0.2, 0.25) is 0 Å². The maximum Gasteiger partial charge on any atom is 0.161 e. The highest BCUT2D eigenvalue weighted by molar-refractivity contribution is 5.30. The van der Waals surface area contributed by atoms with Crippen LogP contribution >= 0.6 is 0 Å². The van der Waals surface area contributed by atoms with Crippen molar-refractivity contribution in [2.24, 2.45) is 12.9 Å². The largest absolute Gasteiger partial charge is 0.493 e. The van der Waals surface area contributed by atoms with Crippen LogP contribution in [0.4, 0.5) is 0 Å². The Morgan fingerprint density at radius 3 is 2.47 bits per heavy atom. The fourth-order valence-electron chi connectivity index (χ4n) is 2.63. The number of methoxy groups -OCH3 is 1. The molecule has 1 aromatic heterocycles. The Labute approximate surface area is 115 Å². The van der Waals surface area contributed by atoms with Crippen LogP contribution in [0.25, 0.3) is 0 Å². The fraction of sp³-hybridized carbons (Fsp3) is 0.769. The van der Waals surface area contributed by atoms with Gasteiger partial charge in [-0.3, -0.25) is 10.5 Å². The van der Waals surface area contributed by atoms with Gasteiger partial charge in [-0.25, -0.2) is 5.43 Å². The molecule has 1 heterocycles. The molecule has 1 aromatic rings. The molecule has 0 fully saturated rings. The normalized spacial score (nSPS) is 13.6. The van der Waals surface area contributed by atoms with Crippen molar-refractivity contribution in [1.29, 1.82) is 0 Å². The van der Waals surface area contributed by atoms with Crippen LogP contribution in [0.15, 0.2) is 6.20 Å². The SMILES string of the molecule is CCOC(CC)(CC)C(NN)c1c(OC)cnn1C. The number of hydrogen-bond acceptors (Lipinski definition) is 5. The zero-order chi connectivity index (χ0) is 14.5. The lowest BCUT2D eigenvalue weighted by Gasteiger charge is -2.39. The van der Waals surface area contributed by atoms with Crippen molar-refractivity contribution < 1.29 is 9.47 Å². The number of rotatable bonds is 8. The van der Waals surface area contributed by atoms with Crippen molar-refractivity contribution in [1.82, 2.24) is 15.2 Å². The van der Waals surface area contributed by atoms with E-state index in [-0.39, 0.29) is 11.6 Å². The second kappa shape index (κ2) is 6.88. The van der Waals surface area contributed by atoms with E-state index in [4.69, 9.17) is 15.3 Å². The van der Waals surface area contributed by atoms with Crippen LogP contribution in [0.2, 0.25) is 0 Å². The molecule has 6 heteroatoms. The molecule has 0 saturated heterocycles. The van der Waals surface area contributed by atoms with Gasteiger partial charge in [0.25, 0.3) is 0 Å². The van der Waals surface area contributed by atoms with E-state index < -0.39 is 0 Å². The van der Waals surface area contributed by atoms with E-state index in [2.05, 4.69) is 24.4 Å². The number of hydrazine groups is 1. The molecule has 0 aromatic carbocycles. The number of ether oxygens (including phenoxy) is 2. The Bertz CT molecular complexity index is 388. The Morgan fingerprint density at radius 1 is 1.42 bits per heavy atom. The zero-order valence-electron chi connectivity index (χ0n) is 12.6. The highest BCUT2D eigenvalue weighted by Gasteiger charge is 2.40. The lowest BCUT2D eigenvalue weighted by Crippen LogP contribution is -2.48. The molecular weight excluding hydrogens is 244 g/mol. The number of aromatic nitrogens is 2. The molecule has 19 heavy (non-hydrogen) atoms. The number of nitrogens with one attached hydrogen (secondary N) is 1. The van der Waals surface area contributed by atoms with Crippen LogP contribution in [0.3, 0.4) is 0 Å². The third-order valence-corrected chi connectivity index (χ3v) is 3.76. The molecule has 0 aliphatic carbocycles. The summed E-state index contributed by atoms with van der Waals surface area (Å²) in [6.45, 7) is 6.84. The number of nitrogens with two attached hydrogens (primary N) is 1. The topological polar surface area (TPSA) is 74.3 Å². The molecule has 1 unspecified atom stereocenters. The summed E-state index contributed by atoms with van der Waals surface area (Å²) in [6.07, 6.45) is 3.39. The summed E-state index contributed by atoms with van der Waals surface area (Å²) in [5, 5.41) is 4.24. The first-order valence-electron chi connectivity index (χ1n) is 6.76. The van der Waals surface area contributed by atoms with Gasteiger partial charge in [-0.1, -0.05) is 13.8 Å². The first-order valence-corrected chi connectivity index (χ1v) is 6.76. The first kappa shape index (κ1) is 15.9. The predicted molar refractivity (Wildman–Crippen MR) is 74.8 cm³/mol. The molecule has 0 aliphatic rings. The maximum atomic E-state index is 6.02. The van der Waals surface area contributed by atoms with E-state index >= 15 is 0 Å². The second-order valence-corrected chi connectivity index (χ2v) is 4.53. The molecule has 0 spiro atoms. The van der Waals surface area contributed by atoms with Gasteiger partial charge >= 0.3 is 0 Å². The van der Waals surface area contributed by atoms with Crippen LogP contribution in [-0.2, 0) is 11.8 Å². The Balaban J connectivity index is 3.26. The van der Waals surface area contributed by atoms with E-state index in [9.17, 15) is 0 Å². The summed E-state index contributed by atoms with van der Waals surface area (Å²) in [6, 6.07) is -0.176. The molecule has 0 bridgehead atoms. The summed E-state index contributed by atoms with van der Waals surface area (Å²) in [5.74, 6) is 6.52. The van der Waals surface area contributed by atoms with Gasteiger partial charge in [0, 0.05) is 13.7 Å². The molecule has 0 radical (unpaired) electrons. The average molecular weight is 270 g/mol. The minimum absolute atomic E-state index is 0.176. The summed E-state index contributed by atoms with van der Waals surface area (Å²) in [5.41, 5.74) is 3.42. The maximum absolute atomic E-state index is 6.02. The van der Waals surface area contributed by atoms with Crippen LogP contribution in [0, 0.1) is 0 Å². The van der Waals surface area contributed by atoms with Crippen molar-refractivity contribution in [2.45, 2.75) is 45.3 Å². The van der Waals surface area contributed by atoms with Gasteiger partial charge < -0.3 is 9.47 Å². The molecule has 0 saturated carbocycles. The Morgan fingerprint density at radius 2 is 2.05 bits per heavy atom. The number of aryl methyl sites for hydroxylation is 1. The van der Waals surface area contributed by atoms with Crippen LogP contribution in [0.5, 0.6) is 5.75 Å². The van der Waals surface area contributed by atoms with Crippen molar-refractivity contribution >= 4 is 0 Å². The van der Waals surface area contributed by atoms with Crippen molar-refractivity contribution in [3.8, 4) is 5.75 Å². The van der Waals surface area contributed by atoms with Crippen molar-refractivity contribution in [3.05, 3.63) is 11.9 Å². The van der Waals surface area contributed by atoms with Crippen LogP contribution < -0.4 is 16.0 Å². The lowest BCUT2D eigenvalue weighted by molar-refractivity contribution is -0.0754. The van der Waals surface area contributed by atoms with Crippen LogP contribution in [-0.4, -0.2) is 29.1 Å². The smallest absolute Gasteiger partial charge is 0.161 e. The quantitative estimate of drug-likeness (QED) is 0.553. The third-order valence-electron chi connectivity index (χ3n) is 3.76. The van der Waals surface area contributed by atoms with Crippen LogP contribution in [0.1, 0.15) is 45.3 Å². The molecular formula is C13H26N4O2. The van der Waals surface area contributed by atoms with Gasteiger partial charge in [0.1, 0.15) is 5.69 Å². The van der Waals surface area contributed by atoms with E-state index in [1.54, 1.807) is 18.0 Å². The predicted octanol–water partition coefficient (Wildman–Crippen LogP) is 1.53. The molecule has 1 atom stereocenters. The fourth-order valence-corrected chi connectivity index (χ4v) is 2.63. The molecule has 6 nitrogen and oxygen atoms in total. The van der Waals surface area contributed by atoms with E-state index in [1.165, 1.54) is 0 Å². The highest BCUT2D eigenvalue weighted by Crippen LogP contribution is 2.38. The minimum atomic E-state index is -0.370. The summed E-state index contributed by atoms with van der Waals surface area (Å²) < 4.78 is 13.2. The van der Waals surface area contributed by atoms with E-state index in [1.807, 2.05) is 14.0 Å². The first-order chi connectivity index (χ1) is 9.10. The third kappa shape index (κ3) is 2.91. The standard InChI is InChI=1S/C13H26N4O2/c1-6-13(7-2,19-8-3)12(16-14)11-10(18-5)9-15-17(11)4/h9,12,16H,6-8,14H2,1-5H3. The number of hydrogen-bond donors (Lipinski definition) is 2. The Hall–Kier alpha value is -1.11. The zero-order valence-corrected chi connectivity index (χ0v) is 12.6. The van der Waals surface area contributed by atoms with Gasteiger partial charge in [0.05, 0.1) is 24.9 Å². The molecule has 0 aliphatic heterocycles. The molecule has 0 amide bonds. The molecule has 1 rings (SSSR count). The van der Waals surface area contributed by atoms with Gasteiger partial charge in [-0.05, 0) is 19.8 Å². The van der Waals surface area contributed by atoms with Crippen molar-refractivity contribution in [2.75, 3.05) is 13.7 Å². The van der Waals surface area contributed by atoms with Gasteiger partial charge in [-0.2, -0.15) is 5.10 Å². The van der Waals surface area contributed by atoms with Crippen molar-refractivity contribution in [3.63, 3.8) is 0 Å². The minimum Gasteiger partial charge on any atom is -0.493 e. The molecule has 3 N–H and O–H groups in total. The van der Waals surface area contributed by atoms with Gasteiger partial charge in [0.15, 0.2) is 5.75 Å².